The van der Waals surface area contributed by atoms with Crippen molar-refractivity contribution in [3.63, 3.8) is 0 Å². The van der Waals surface area contributed by atoms with E-state index in [2.05, 4.69) is 17.2 Å². The predicted octanol–water partition coefficient (Wildman–Crippen LogP) is 2.66. The Labute approximate surface area is 118 Å². The van der Waals surface area contributed by atoms with Crippen LogP contribution in [0.1, 0.15) is 30.8 Å². The molecular formula is C15H20FN3O. The van der Waals surface area contributed by atoms with E-state index in [1.807, 2.05) is 17.8 Å². The molecule has 0 aliphatic rings. The Morgan fingerprint density at radius 3 is 2.85 bits per heavy atom. The predicted molar refractivity (Wildman–Crippen MR) is 76.3 cm³/mol. The van der Waals surface area contributed by atoms with E-state index in [4.69, 9.17) is 4.74 Å². The molecule has 4 nitrogen and oxygen atoms in total. The first kappa shape index (κ1) is 14.5. The van der Waals surface area contributed by atoms with Crippen LogP contribution in [0.15, 0.2) is 30.6 Å². The SMILES string of the molecule is CCCNC(c1cc(F)ccc1OC)c1nccn1C. The van der Waals surface area contributed by atoms with Crippen molar-refractivity contribution in [1.29, 1.82) is 0 Å². The molecule has 1 unspecified atom stereocenters. The third-order valence-electron chi connectivity index (χ3n) is 3.22. The van der Waals surface area contributed by atoms with Gasteiger partial charge in [-0.15, -0.1) is 0 Å². The summed E-state index contributed by atoms with van der Waals surface area (Å²) in [6, 6.07) is 4.35. The van der Waals surface area contributed by atoms with Gasteiger partial charge in [-0.2, -0.15) is 0 Å². The number of nitrogens with zero attached hydrogens (tertiary/aromatic N) is 2. The van der Waals surface area contributed by atoms with Crippen LogP contribution in [-0.2, 0) is 7.05 Å². The van der Waals surface area contributed by atoms with E-state index < -0.39 is 0 Å². The van der Waals surface area contributed by atoms with E-state index in [1.54, 1.807) is 19.4 Å². The maximum absolute atomic E-state index is 13.6. The zero-order valence-corrected chi connectivity index (χ0v) is 12.1. The average Bonchev–Trinajstić information content (AvgIpc) is 2.86. The number of nitrogens with one attached hydrogen (secondary N) is 1. The van der Waals surface area contributed by atoms with Crippen LogP contribution >= 0.6 is 0 Å². The number of ether oxygens (including phenoxy) is 1. The number of imidazole rings is 1. The summed E-state index contributed by atoms with van der Waals surface area (Å²) in [6.07, 6.45) is 4.60. The summed E-state index contributed by atoms with van der Waals surface area (Å²) in [4.78, 5) is 4.37. The van der Waals surface area contributed by atoms with Gasteiger partial charge in [-0.1, -0.05) is 6.92 Å². The fraction of sp³-hybridized carbons (Fsp3) is 0.400. The molecule has 5 heteroatoms. The van der Waals surface area contributed by atoms with Crippen molar-refractivity contribution in [2.24, 2.45) is 7.05 Å². The Morgan fingerprint density at radius 2 is 2.25 bits per heavy atom. The lowest BCUT2D eigenvalue weighted by Crippen LogP contribution is -2.26. The quantitative estimate of drug-likeness (QED) is 0.882. The van der Waals surface area contributed by atoms with Crippen LogP contribution in [0.5, 0.6) is 5.75 Å². The van der Waals surface area contributed by atoms with Gasteiger partial charge in [0, 0.05) is 25.0 Å². The maximum Gasteiger partial charge on any atom is 0.130 e. The second-order valence-corrected chi connectivity index (χ2v) is 4.67. The van der Waals surface area contributed by atoms with Gasteiger partial charge in [0.05, 0.1) is 13.2 Å². The molecule has 0 saturated carbocycles. The number of rotatable bonds is 6. The summed E-state index contributed by atoms with van der Waals surface area (Å²) in [5.41, 5.74) is 0.759. The van der Waals surface area contributed by atoms with Crippen molar-refractivity contribution in [2.75, 3.05) is 13.7 Å². The molecule has 1 aromatic heterocycles. The highest BCUT2D eigenvalue weighted by Crippen LogP contribution is 2.29. The summed E-state index contributed by atoms with van der Waals surface area (Å²) in [7, 11) is 3.51. The first-order chi connectivity index (χ1) is 9.67. The van der Waals surface area contributed by atoms with Crippen molar-refractivity contribution in [1.82, 2.24) is 14.9 Å². The van der Waals surface area contributed by atoms with Gasteiger partial charge in [-0.3, -0.25) is 0 Å². The largest absolute Gasteiger partial charge is 0.496 e. The molecule has 2 aromatic rings. The van der Waals surface area contributed by atoms with Gasteiger partial charge in [-0.05, 0) is 31.2 Å². The van der Waals surface area contributed by atoms with Crippen LogP contribution in [0.3, 0.4) is 0 Å². The minimum atomic E-state index is -0.279. The summed E-state index contributed by atoms with van der Waals surface area (Å²) in [5.74, 6) is 1.21. The van der Waals surface area contributed by atoms with E-state index in [1.165, 1.54) is 12.1 Å². The van der Waals surface area contributed by atoms with Crippen molar-refractivity contribution < 1.29 is 9.13 Å². The molecule has 0 amide bonds. The first-order valence-electron chi connectivity index (χ1n) is 6.71. The number of aryl methyl sites for hydroxylation is 1. The highest BCUT2D eigenvalue weighted by molar-refractivity contribution is 5.39. The van der Waals surface area contributed by atoms with Gasteiger partial charge in [-0.25, -0.2) is 9.37 Å². The Kier molecular flexibility index (Phi) is 4.74. The molecule has 1 aromatic carbocycles. The second-order valence-electron chi connectivity index (χ2n) is 4.67. The number of methoxy groups -OCH3 is 1. The molecular weight excluding hydrogens is 257 g/mol. The van der Waals surface area contributed by atoms with Gasteiger partial charge < -0.3 is 14.6 Å². The highest BCUT2D eigenvalue weighted by Gasteiger charge is 2.21. The highest BCUT2D eigenvalue weighted by atomic mass is 19.1. The summed E-state index contributed by atoms with van der Waals surface area (Å²) in [5, 5.41) is 3.40. The van der Waals surface area contributed by atoms with Crippen molar-refractivity contribution in [3.05, 3.63) is 47.8 Å². The average molecular weight is 277 g/mol. The van der Waals surface area contributed by atoms with E-state index in [0.29, 0.717) is 5.75 Å². The lowest BCUT2D eigenvalue weighted by atomic mass is 10.0. The van der Waals surface area contributed by atoms with E-state index in [9.17, 15) is 4.39 Å². The monoisotopic (exact) mass is 277 g/mol. The Balaban J connectivity index is 2.46. The number of aromatic nitrogens is 2. The third kappa shape index (κ3) is 2.99. The number of hydrogen-bond donors (Lipinski definition) is 1. The lowest BCUT2D eigenvalue weighted by molar-refractivity contribution is 0.400. The molecule has 0 spiro atoms. The molecule has 1 heterocycles. The topological polar surface area (TPSA) is 39.1 Å². The van der Waals surface area contributed by atoms with Gasteiger partial charge in [0.15, 0.2) is 0 Å². The number of benzene rings is 1. The standard InChI is InChI=1S/C15H20FN3O/c1-4-7-17-14(15-18-8-9-19(15)2)12-10-11(16)5-6-13(12)20-3/h5-6,8-10,14,17H,4,7H2,1-3H3. The molecule has 0 aliphatic heterocycles. The molecule has 0 fully saturated rings. The smallest absolute Gasteiger partial charge is 0.130 e. The van der Waals surface area contributed by atoms with Crippen molar-refractivity contribution in [3.8, 4) is 5.75 Å². The molecule has 20 heavy (non-hydrogen) atoms. The van der Waals surface area contributed by atoms with Crippen LogP contribution in [0.4, 0.5) is 4.39 Å². The molecule has 0 bridgehead atoms. The van der Waals surface area contributed by atoms with Gasteiger partial charge in [0.2, 0.25) is 0 Å². The fourth-order valence-corrected chi connectivity index (χ4v) is 2.22. The summed E-state index contributed by atoms with van der Waals surface area (Å²) < 4.78 is 20.9. The van der Waals surface area contributed by atoms with Gasteiger partial charge >= 0.3 is 0 Å². The van der Waals surface area contributed by atoms with E-state index >= 15 is 0 Å². The molecule has 2 rings (SSSR count). The lowest BCUT2D eigenvalue weighted by Gasteiger charge is -2.21. The van der Waals surface area contributed by atoms with Gasteiger partial charge in [0.1, 0.15) is 17.4 Å². The minimum absolute atomic E-state index is 0.194. The summed E-state index contributed by atoms with van der Waals surface area (Å²) >= 11 is 0. The zero-order valence-electron chi connectivity index (χ0n) is 12.1. The number of hydrogen-bond acceptors (Lipinski definition) is 3. The Morgan fingerprint density at radius 1 is 1.45 bits per heavy atom. The molecule has 1 N–H and O–H groups in total. The van der Waals surface area contributed by atoms with Crippen LogP contribution in [-0.4, -0.2) is 23.2 Å². The minimum Gasteiger partial charge on any atom is -0.496 e. The van der Waals surface area contributed by atoms with Crippen molar-refractivity contribution in [2.45, 2.75) is 19.4 Å². The zero-order chi connectivity index (χ0) is 14.5. The molecule has 1 atom stereocenters. The van der Waals surface area contributed by atoms with Crippen LogP contribution < -0.4 is 10.1 Å². The van der Waals surface area contributed by atoms with Crippen LogP contribution in [0.25, 0.3) is 0 Å². The summed E-state index contributed by atoms with van der Waals surface area (Å²) in [6.45, 7) is 2.91. The second kappa shape index (κ2) is 6.52. The maximum atomic E-state index is 13.6. The van der Waals surface area contributed by atoms with E-state index in [0.717, 1.165) is 24.4 Å². The first-order valence-corrected chi connectivity index (χ1v) is 6.71. The Bertz CT molecular complexity index is 568. The molecule has 0 aliphatic carbocycles. The van der Waals surface area contributed by atoms with Crippen molar-refractivity contribution >= 4 is 0 Å². The Hall–Kier alpha value is -1.88. The number of halogens is 1. The molecule has 108 valence electrons. The van der Waals surface area contributed by atoms with Gasteiger partial charge in [0.25, 0.3) is 0 Å². The molecule has 0 saturated heterocycles. The van der Waals surface area contributed by atoms with Crippen LogP contribution in [0.2, 0.25) is 0 Å². The fourth-order valence-electron chi connectivity index (χ4n) is 2.22. The normalized spacial score (nSPS) is 12.4. The van der Waals surface area contributed by atoms with Crippen LogP contribution in [0, 0.1) is 5.82 Å². The van der Waals surface area contributed by atoms with E-state index in [-0.39, 0.29) is 11.9 Å². The third-order valence-corrected chi connectivity index (χ3v) is 3.22. The molecule has 0 radical (unpaired) electrons.